The Morgan fingerprint density at radius 2 is 1.68 bits per heavy atom. The van der Waals surface area contributed by atoms with Crippen LogP contribution in [0.4, 0.5) is 8.78 Å². The minimum Gasteiger partial charge on any atom is -0.489 e. The standard InChI is InChI=1S/C15H13BrF2O/c1-9-5-13(6-10(2)15(9)16)19-8-11-7-12(17)3-4-14(11)18/h3-7H,8H2,1-2H3. The van der Waals surface area contributed by atoms with Gasteiger partial charge in [0.1, 0.15) is 24.0 Å². The molecule has 0 radical (unpaired) electrons. The summed E-state index contributed by atoms with van der Waals surface area (Å²) < 4.78 is 33.0. The van der Waals surface area contributed by atoms with Crippen LogP contribution in [0.5, 0.6) is 5.75 Å². The molecule has 0 aromatic heterocycles. The van der Waals surface area contributed by atoms with Crippen molar-refractivity contribution in [2.45, 2.75) is 20.5 Å². The fraction of sp³-hybridized carbons (Fsp3) is 0.200. The van der Waals surface area contributed by atoms with Gasteiger partial charge >= 0.3 is 0 Å². The first-order valence-corrected chi connectivity index (χ1v) is 6.60. The topological polar surface area (TPSA) is 9.23 Å². The number of benzene rings is 2. The van der Waals surface area contributed by atoms with Gasteiger partial charge in [0.25, 0.3) is 0 Å². The molecule has 0 bridgehead atoms. The second-order valence-electron chi connectivity index (χ2n) is 4.40. The van der Waals surface area contributed by atoms with Crippen LogP contribution in [0, 0.1) is 25.5 Å². The summed E-state index contributed by atoms with van der Waals surface area (Å²) in [4.78, 5) is 0. The Balaban J connectivity index is 2.17. The van der Waals surface area contributed by atoms with Gasteiger partial charge in [-0.25, -0.2) is 8.78 Å². The second kappa shape index (κ2) is 5.70. The van der Waals surface area contributed by atoms with Crippen molar-refractivity contribution in [3.05, 3.63) is 63.1 Å². The molecule has 0 aliphatic carbocycles. The molecule has 2 aromatic carbocycles. The molecular weight excluding hydrogens is 314 g/mol. The molecule has 0 N–H and O–H groups in total. The van der Waals surface area contributed by atoms with Crippen LogP contribution in [0.2, 0.25) is 0 Å². The number of hydrogen-bond acceptors (Lipinski definition) is 1. The van der Waals surface area contributed by atoms with Crippen LogP contribution in [0.3, 0.4) is 0 Å². The minimum atomic E-state index is -0.469. The summed E-state index contributed by atoms with van der Waals surface area (Å²) in [5.74, 6) is -0.294. The van der Waals surface area contributed by atoms with Gasteiger partial charge < -0.3 is 4.74 Å². The summed E-state index contributed by atoms with van der Waals surface area (Å²) in [7, 11) is 0. The van der Waals surface area contributed by atoms with Gasteiger partial charge in [-0.3, -0.25) is 0 Å². The van der Waals surface area contributed by atoms with Crippen molar-refractivity contribution in [1.82, 2.24) is 0 Å². The second-order valence-corrected chi connectivity index (χ2v) is 5.19. The number of hydrogen-bond donors (Lipinski definition) is 0. The summed E-state index contributed by atoms with van der Waals surface area (Å²) in [6.07, 6.45) is 0. The van der Waals surface area contributed by atoms with E-state index in [2.05, 4.69) is 15.9 Å². The molecule has 0 heterocycles. The van der Waals surface area contributed by atoms with Gasteiger partial charge in [0.2, 0.25) is 0 Å². The molecule has 100 valence electrons. The van der Waals surface area contributed by atoms with Crippen molar-refractivity contribution in [3.63, 3.8) is 0 Å². The maximum atomic E-state index is 13.4. The third-order valence-corrected chi connectivity index (χ3v) is 4.06. The van der Waals surface area contributed by atoms with Crippen molar-refractivity contribution < 1.29 is 13.5 Å². The van der Waals surface area contributed by atoms with Gasteiger partial charge in [0, 0.05) is 10.0 Å². The van der Waals surface area contributed by atoms with Crippen molar-refractivity contribution >= 4 is 15.9 Å². The number of rotatable bonds is 3. The fourth-order valence-corrected chi connectivity index (χ4v) is 2.03. The summed E-state index contributed by atoms with van der Waals surface area (Å²) >= 11 is 3.47. The SMILES string of the molecule is Cc1cc(OCc2cc(F)ccc2F)cc(C)c1Br. The lowest BCUT2D eigenvalue weighted by Crippen LogP contribution is -2.00. The Hall–Kier alpha value is -1.42. The van der Waals surface area contributed by atoms with Crippen LogP contribution in [0.15, 0.2) is 34.8 Å². The van der Waals surface area contributed by atoms with Gasteiger partial charge in [-0.15, -0.1) is 0 Å². The molecule has 19 heavy (non-hydrogen) atoms. The van der Waals surface area contributed by atoms with Crippen LogP contribution < -0.4 is 4.74 Å². The molecule has 2 aromatic rings. The summed E-state index contributed by atoms with van der Waals surface area (Å²) in [5.41, 5.74) is 2.28. The highest BCUT2D eigenvalue weighted by Crippen LogP contribution is 2.27. The fourth-order valence-electron chi connectivity index (χ4n) is 1.80. The van der Waals surface area contributed by atoms with E-state index in [9.17, 15) is 8.78 Å². The van der Waals surface area contributed by atoms with Gasteiger partial charge in [0.15, 0.2) is 0 Å². The van der Waals surface area contributed by atoms with Crippen molar-refractivity contribution in [3.8, 4) is 5.75 Å². The van der Waals surface area contributed by atoms with Crippen molar-refractivity contribution in [2.75, 3.05) is 0 Å². The first kappa shape index (κ1) is 14.0. The average Bonchev–Trinajstić information content (AvgIpc) is 2.37. The molecule has 0 fully saturated rings. The van der Waals surface area contributed by atoms with E-state index in [4.69, 9.17) is 4.74 Å². The van der Waals surface area contributed by atoms with E-state index >= 15 is 0 Å². The van der Waals surface area contributed by atoms with Crippen LogP contribution in [0.1, 0.15) is 16.7 Å². The minimum absolute atomic E-state index is 0.00407. The predicted molar refractivity (Wildman–Crippen MR) is 74.3 cm³/mol. The average molecular weight is 327 g/mol. The van der Waals surface area contributed by atoms with Gasteiger partial charge in [0.05, 0.1) is 0 Å². The Labute approximate surface area is 119 Å². The number of ether oxygens (including phenoxy) is 1. The van der Waals surface area contributed by atoms with E-state index in [1.807, 2.05) is 26.0 Å². The quantitative estimate of drug-likeness (QED) is 0.777. The molecule has 0 saturated heterocycles. The van der Waals surface area contributed by atoms with E-state index in [0.717, 1.165) is 33.8 Å². The summed E-state index contributed by atoms with van der Waals surface area (Å²) in [6, 6.07) is 7.05. The third-order valence-electron chi connectivity index (χ3n) is 2.81. The molecule has 0 aliphatic rings. The Morgan fingerprint density at radius 3 is 2.32 bits per heavy atom. The van der Waals surface area contributed by atoms with Gasteiger partial charge in [-0.05, 0) is 55.3 Å². The molecule has 0 amide bonds. The Kier molecular flexibility index (Phi) is 4.20. The zero-order valence-electron chi connectivity index (χ0n) is 10.6. The van der Waals surface area contributed by atoms with Crippen LogP contribution in [0.25, 0.3) is 0 Å². The molecule has 0 saturated carbocycles. The van der Waals surface area contributed by atoms with E-state index in [1.54, 1.807) is 0 Å². The van der Waals surface area contributed by atoms with Crippen LogP contribution >= 0.6 is 15.9 Å². The lowest BCUT2D eigenvalue weighted by Gasteiger charge is -2.10. The van der Waals surface area contributed by atoms with Gasteiger partial charge in [-0.1, -0.05) is 15.9 Å². The molecule has 0 spiro atoms. The lowest BCUT2D eigenvalue weighted by atomic mass is 10.1. The first-order chi connectivity index (χ1) is 8.97. The Morgan fingerprint density at radius 1 is 1.05 bits per heavy atom. The maximum Gasteiger partial charge on any atom is 0.130 e. The molecule has 0 unspecified atom stereocenters. The molecule has 1 nitrogen and oxygen atoms in total. The molecule has 2 rings (SSSR count). The highest BCUT2D eigenvalue weighted by Gasteiger charge is 2.07. The largest absolute Gasteiger partial charge is 0.489 e. The number of aryl methyl sites for hydroxylation is 2. The van der Waals surface area contributed by atoms with E-state index in [0.29, 0.717) is 5.75 Å². The molecular formula is C15H13BrF2O. The zero-order valence-corrected chi connectivity index (χ0v) is 12.2. The molecule has 0 atom stereocenters. The molecule has 4 heteroatoms. The maximum absolute atomic E-state index is 13.4. The predicted octanol–water partition coefficient (Wildman–Crippen LogP) is 4.92. The number of halogens is 3. The smallest absolute Gasteiger partial charge is 0.130 e. The summed E-state index contributed by atoms with van der Waals surface area (Å²) in [6.45, 7) is 3.91. The highest BCUT2D eigenvalue weighted by atomic mass is 79.9. The van der Waals surface area contributed by atoms with E-state index in [-0.39, 0.29) is 12.2 Å². The third kappa shape index (κ3) is 3.32. The summed E-state index contributed by atoms with van der Waals surface area (Å²) in [5, 5.41) is 0. The van der Waals surface area contributed by atoms with Crippen LogP contribution in [-0.4, -0.2) is 0 Å². The highest BCUT2D eigenvalue weighted by molar-refractivity contribution is 9.10. The zero-order chi connectivity index (χ0) is 14.0. The first-order valence-electron chi connectivity index (χ1n) is 5.81. The van der Waals surface area contributed by atoms with E-state index < -0.39 is 11.6 Å². The normalized spacial score (nSPS) is 10.6. The van der Waals surface area contributed by atoms with E-state index in [1.165, 1.54) is 0 Å². The van der Waals surface area contributed by atoms with Gasteiger partial charge in [-0.2, -0.15) is 0 Å². The monoisotopic (exact) mass is 326 g/mol. The molecule has 0 aliphatic heterocycles. The van der Waals surface area contributed by atoms with Crippen LogP contribution in [-0.2, 0) is 6.61 Å². The lowest BCUT2D eigenvalue weighted by molar-refractivity contribution is 0.298. The Bertz CT molecular complexity index is 588. The van der Waals surface area contributed by atoms with Crippen molar-refractivity contribution in [2.24, 2.45) is 0 Å². The van der Waals surface area contributed by atoms with Crippen molar-refractivity contribution in [1.29, 1.82) is 0 Å².